The summed E-state index contributed by atoms with van der Waals surface area (Å²) in [5.74, 6) is 0. The second-order valence-corrected chi connectivity index (χ2v) is 25.6. The highest BCUT2D eigenvalue weighted by atomic mass is 79.9. The van der Waals surface area contributed by atoms with E-state index < -0.39 is 0 Å². The Bertz CT molecular complexity index is 2060. The molecule has 0 N–H and O–H groups in total. The number of fused-ring (bicyclic) bond motifs is 7. The van der Waals surface area contributed by atoms with Crippen LogP contribution in [0.3, 0.4) is 0 Å². The molecule has 0 fully saturated rings. The van der Waals surface area contributed by atoms with Crippen LogP contribution >= 0.6 is 111 Å². The van der Waals surface area contributed by atoms with E-state index >= 15 is 0 Å². The van der Waals surface area contributed by atoms with Gasteiger partial charge in [-0.3, -0.25) is 0 Å². The predicted octanol–water partition coefficient (Wildman–Crippen LogP) is 21.3. The topological polar surface area (TPSA) is 0 Å². The fourth-order valence-corrected chi connectivity index (χ4v) is 19.1. The number of halogens is 2. The molecule has 7 aromatic rings. The Morgan fingerprint density at radius 3 is 0.927 bits per heavy atom. The maximum atomic E-state index is 3.78. The molecule has 0 amide bonds. The van der Waals surface area contributed by atoms with E-state index in [1.54, 1.807) is 48.7 Å². The minimum Gasteiger partial charge on any atom is -0.132 e. The normalized spacial score (nSPS) is 12.3. The highest BCUT2D eigenvalue weighted by Gasteiger charge is 2.26. The van der Waals surface area contributed by atoms with Gasteiger partial charge in [-0.1, -0.05) is 142 Å². The summed E-state index contributed by atoms with van der Waals surface area (Å²) in [6.45, 7) is 4.62. The third-order valence-corrected chi connectivity index (χ3v) is 22.0. The number of hydrogen-bond acceptors (Lipinski definition) is 7. The number of rotatable bonds is 26. The van der Waals surface area contributed by atoms with Crippen molar-refractivity contribution in [3.05, 3.63) is 43.0 Å². The van der Waals surface area contributed by atoms with E-state index in [9.17, 15) is 0 Å². The SMILES string of the molecule is CCCCCCCCCCCCCc1c(-c2ccc(Br)s2)sc2c1sc1c2sc2c3sc(-c4ccc(Br)s4)c(CCCCCCCCCCCCC)c3sc21. The molecule has 0 aliphatic heterocycles. The highest BCUT2D eigenvalue weighted by molar-refractivity contribution is 9.11. The molecule has 0 bridgehead atoms. The molecule has 298 valence electrons. The highest BCUT2D eigenvalue weighted by Crippen LogP contribution is 2.58. The Kier molecular flexibility index (Phi) is 17.2. The fraction of sp³-hybridized carbons (Fsp3) is 0.565. The van der Waals surface area contributed by atoms with Crippen LogP contribution in [0.4, 0.5) is 0 Å². The Hall–Kier alpha value is -0.100. The van der Waals surface area contributed by atoms with Gasteiger partial charge in [0.25, 0.3) is 0 Å². The summed E-state index contributed by atoms with van der Waals surface area (Å²) >= 11 is 21.9. The number of thiophene rings is 7. The number of unbranched alkanes of at least 4 members (excludes halogenated alkanes) is 20. The van der Waals surface area contributed by atoms with Crippen LogP contribution in [0.15, 0.2) is 31.8 Å². The third kappa shape index (κ3) is 10.8. The summed E-state index contributed by atoms with van der Waals surface area (Å²) in [4.78, 5) is 5.93. The van der Waals surface area contributed by atoms with E-state index in [1.807, 2.05) is 22.7 Å². The summed E-state index contributed by atoms with van der Waals surface area (Å²) in [6, 6.07) is 9.16. The molecule has 0 aliphatic rings. The zero-order valence-corrected chi connectivity index (χ0v) is 41.8. The van der Waals surface area contributed by atoms with Gasteiger partial charge in [-0.25, -0.2) is 0 Å². The van der Waals surface area contributed by atoms with Gasteiger partial charge in [-0.2, -0.15) is 0 Å². The molecule has 55 heavy (non-hydrogen) atoms. The first-order chi connectivity index (χ1) is 27.1. The number of hydrogen-bond donors (Lipinski definition) is 0. The van der Waals surface area contributed by atoms with E-state index in [0.29, 0.717) is 0 Å². The zero-order valence-electron chi connectivity index (χ0n) is 32.9. The molecule has 0 unspecified atom stereocenters. The van der Waals surface area contributed by atoms with Crippen molar-refractivity contribution in [2.24, 2.45) is 0 Å². The maximum Gasteiger partial charge on any atom is 0.0705 e. The van der Waals surface area contributed by atoms with E-state index in [4.69, 9.17) is 0 Å². The first-order valence-corrected chi connectivity index (χ1v) is 28.7. The van der Waals surface area contributed by atoms with E-state index in [1.165, 1.54) is 181 Å². The monoisotopic (exact) mass is 992 g/mol. The Balaban J connectivity index is 1.07. The molecule has 7 heterocycles. The fourth-order valence-electron chi connectivity index (χ4n) is 8.16. The molecule has 7 aromatic heterocycles. The molecule has 0 saturated heterocycles. The van der Waals surface area contributed by atoms with E-state index in [2.05, 4.69) is 127 Å². The maximum absolute atomic E-state index is 3.78. The van der Waals surface area contributed by atoms with Gasteiger partial charge in [0.15, 0.2) is 0 Å². The molecule has 0 saturated carbocycles. The third-order valence-electron chi connectivity index (χ3n) is 11.2. The van der Waals surface area contributed by atoms with Crippen molar-refractivity contribution in [3.8, 4) is 19.5 Å². The molecule has 0 atom stereocenters. The van der Waals surface area contributed by atoms with Crippen LogP contribution in [0.25, 0.3) is 57.1 Å². The van der Waals surface area contributed by atoms with E-state index in [0.717, 1.165) is 0 Å². The molecular weight excluding hydrogens is 937 g/mol. The molecule has 0 nitrogen and oxygen atoms in total. The Labute approximate surface area is 375 Å². The van der Waals surface area contributed by atoms with Gasteiger partial charge < -0.3 is 0 Å². The van der Waals surface area contributed by atoms with Gasteiger partial charge in [0.1, 0.15) is 0 Å². The first-order valence-electron chi connectivity index (χ1n) is 21.4. The Morgan fingerprint density at radius 1 is 0.327 bits per heavy atom. The molecule has 0 aliphatic carbocycles. The van der Waals surface area contributed by atoms with Crippen LogP contribution in [0, 0.1) is 0 Å². The van der Waals surface area contributed by atoms with Crippen molar-refractivity contribution in [3.63, 3.8) is 0 Å². The largest absolute Gasteiger partial charge is 0.132 e. The predicted molar refractivity (Wildman–Crippen MR) is 268 cm³/mol. The lowest BCUT2D eigenvalue weighted by atomic mass is 10.0. The molecule has 9 heteroatoms. The lowest BCUT2D eigenvalue weighted by Crippen LogP contribution is -1.87. The Morgan fingerprint density at radius 2 is 0.618 bits per heavy atom. The van der Waals surface area contributed by atoms with Crippen molar-refractivity contribution < 1.29 is 0 Å². The first kappa shape index (κ1) is 43.0. The zero-order chi connectivity index (χ0) is 38.0. The molecule has 0 aromatic carbocycles. The van der Waals surface area contributed by atoms with Crippen molar-refractivity contribution in [2.75, 3.05) is 0 Å². The second kappa shape index (κ2) is 21.9. The van der Waals surface area contributed by atoms with Gasteiger partial charge >= 0.3 is 0 Å². The van der Waals surface area contributed by atoms with Gasteiger partial charge in [0.2, 0.25) is 0 Å². The molecular formula is C46H58Br2S7. The van der Waals surface area contributed by atoms with Gasteiger partial charge in [0.05, 0.1) is 45.2 Å². The molecule has 7 rings (SSSR count). The van der Waals surface area contributed by atoms with Crippen molar-refractivity contribution in [1.82, 2.24) is 0 Å². The number of aryl methyl sites for hydroxylation is 2. The lowest BCUT2D eigenvalue weighted by molar-refractivity contribution is 0.550. The van der Waals surface area contributed by atoms with Crippen LogP contribution in [0.2, 0.25) is 0 Å². The minimum absolute atomic E-state index is 1.21. The minimum atomic E-state index is 1.21. The van der Waals surface area contributed by atoms with Crippen LogP contribution in [-0.4, -0.2) is 0 Å². The van der Waals surface area contributed by atoms with Crippen molar-refractivity contribution in [1.29, 1.82) is 0 Å². The average molecular weight is 995 g/mol. The lowest BCUT2D eigenvalue weighted by Gasteiger charge is -2.05. The summed E-state index contributed by atoms with van der Waals surface area (Å²) in [7, 11) is 0. The summed E-state index contributed by atoms with van der Waals surface area (Å²) in [6.07, 6.45) is 33.2. The summed E-state index contributed by atoms with van der Waals surface area (Å²) in [5.41, 5.74) is 3.26. The standard InChI is InChI=1S/C46H58Br2S7/c1-3-5-7-9-11-13-15-17-19-21-23-25-31-37(33-27-29-35(47)49-33)51-41-39(31)53-45-43(41)55-44-42-40(54-46(44)45)32(38(52-42)34-28-30-36(48)50-34)26-24-22-20-18-16-14-12-10-8-6-4-2/h27-30H,3-26H2,1-2H3. The van der Waals surface area contributed by atoms with Gasteiger partial charge in [-0.05, 0) is 92.9 Å². The summed E-state index contributed by atoms with van der Waals surface area (Å²) < 4.78 is 15.0. The molecule has 0 radical (unpaired) electrons. The van der Waals surface area contributed by atoms with Crippen LogP contribution in [0.5, 0.6) is 0 Å². The average Bonchev–Trinajstić information content (AvgIpc) is 4.04. The van der Waals surface area contributed by atoms with Crippen LogP contribution < -0.4 is 0 Å². The quantitative estimate of drug-likeness (QED) is 0.0474. The van der Waals surface area contributed by atoms with Crippen LogP contribution in [-0.2, 0) is 12.8 Å². The van der Waals surface area contributed by atoms with Crippen molar-refractivity contribution >= 4 is 149 Å². The second-order valence-electron chi connectivity index (χ2n) is 15.5. The van der Waals surface area contributed by atoms with Gasteiger partial charge in [0, 0.05) is 19.5 Å². The van der Waals surface area contributed by atoms with E-state index in [-0.39, 0.29) is 0 Å². The summed E-state index contributed by atoms with van der Waals surface area (Å²) in [5, 5.41) is 0. The smallest absolute Gasteiger partial charge is 0.0705 e. The molecule has 0 spiro atoms. The van der Waals surface area contributed by atoms with Gasteiger partial charge in [-0.15, -0.1) is 79.4 Å². The van der Waals surface area contributed by atoms with Crippen LogP contribution in [0.1, 0.15) is 166 Å². The van der Waals surface area contributed by atoms with Crippen molar-refractivity contribution in [2.45, 2.75) is 168 Å².